The highest BCUT2D eigenvalue weighted by atomic mass is 35.5. The maximum absolute atomic E-state index is 12.1. The molecule has 0 unspecified atom stereocenters. The van der Waals surface area contributed by atoms with E-state index < -0.39 is 34.2 Å². The second kappa shape index (κ2) is 16.1. The van der Waals surface area contributed by atoms with Crippen LogP contribution in [-0.4, -0.2) is 64.8 Å². The van der Waals surface area contributed by atoms with E-state index in [1.165, 1.54) is 35.9 Å². The minimum atomic E-state index is -0.787. The highest BCUT2D eigenvalue weighted by Gasteiger charge is 2.39. The number of rotatable bonds is 8. The Hall–Kier alpha value is -5.31. The SMILES string of the molecule is CNC(=O)c1nn(CC2(n3cc(C)c4cc(Cl)ccc43)CCCC2)cc(O)c1=O.CNC(=O)c1nn(CC2(n3cc(Cl)c4cc(Cl)ccc43)CCCC2)cc(O)c1=O. The van der Waals surface area contributed by atoms with E-state index in [4.69, 9.17) is 34.8 Å². The molecule has 2 aromatic carbocycles. The summed E-state index contributed by atoms with van der Waals surface area (Å²) < 4.78 is 7.41. The molecule has 17 heteroatoms. The average Bonchev–Trinajstić information content (AvgIpc) is 4.01. The van der Waals surface area contributed by atoms with Gasteiger partial charge in [-0.15, -0.1) is 0 Å². The summed E-state index contributed by atoms with van der Waals surface area (Å²) in [6, 6.07) is 11.5. The predicted molar refractivity (Wildman–Crippen MR) is 224 cm³/mol. The first-order valence-corrected chi connectivity index (χ1v) is 20.1. The van der Waals surface area contributed by atoms with Crippen LogP contribution in [0.4, 0.5) is 0 Å². The van der Waals surface area contributed by atoms with Gasteiger partial charge in [0.2, 0.25) is 0 Å². The van der Waals surface area contributed by atoms with Crippen LogP contribution in [0.1, 0.15) is 77.9 Å². The van der Waals surface area contributed by atoms with Crippen LogP contribution in [0, 0.1) is 6.92 Å². The van der Waals surface area contributed by atoms with Gasteiger partial charge in [0.05, 0.1) is 47.1 Å². The van der Waals surface area contributed by atoms with E-state index in [1.54, 1.807) is 0 Å². The first-order chi connectivity index (χ1) is 27.7. The zero-order valence-corrected chi connectivity index (χ0v) is 34.5. The summed E-state index contributed by atoms with van der Waals surface area (Å²) in [6.07, 6.45) is 14.4. The Morgan fingerprint density at radius 3 is 1.53 bits per heavy atom. The first kappa shape index (κ1) is 40.9. The third kappa shape index (κ3) is 7.56. The van der Waals surface area contributed by atoms with Gasteiger partial charge in [-0.25, -0.2) is 0 Å². The Balaban J connectivity index is 0.000000177. The number of aromatic hydroxyl groups is 2. The molecular weight excluding hydrogens is 807 g/mol. The molecule has 2 aliphatic carbocycles. The number of fused-ring (bicyclic) bond motifs is 2. The third-order valence-electron chi connectivity index (χ3n) is 11.5. The van der Waals surface area contributed by atoms with Gasteiger partial charge in [-0.2, -0.15) is 10.2 Å². The van der Waals surface area contributed by atoms with Crippen LogP contribution < -0.4 is 21.5 Å². The van der Waals surface area contributed by atoms with Gasteiger partial charge in [-0.1, -0.05) is 60.5 Å². The molecule has 14 nitrogen and oxygen atoms in total. The molecule has 2 fully saturated rings. The Bertz CT molecular complexity index is 2500. The fourth-order valence-electron chi connectivity index (χ4n) is 8.68. The second-order valence-corrected chi connectivity index (χ2v) is 16.4. The van der Waals surface area contributed by atoms with Crippen molar-refractivity contribution in [3.05, 3.63) is 114 Å². The maximum atomic E-state index is 12.1. The smallest absolute Gasteiger partial charge is 0.275 e. The van der Waals surface area contributed by atoms with Gasteiger partial charge < -0.3 is 30.0 Å². The average molecular weight is 850 g/mol. The molecule has 4 heterocycles. The number of hydrogen-bond donors (Lipinski definition) is 4. The monoisotopic (exact) mass is 848 g/mol. The largest absolute Gasteiger partial charge is 0.503 e. The van der Waals surface area contributed by atoms with Crippen LogP contribution in [0.25, 0.3) is 21.8 Å². The van der Waals surface area contributed by atoms with Crippen LogP contribution >= 0.6 is 34.8 Å². The van der Waals surface area contributed by atoms with Crippen molar-refractivity contribution in [3.8, 4) is 11.5 Å². The summed E-state index contributed by atoms with van der Waals surface area (Å²) in [4.78, 5) is 48.2. The Morgan fingerprint density at radius 1 is 0.672 bits per heavy atom. The number of benzene rings is 2. The number of hydrogen-bond acceptors (Lipinski definition) is 8. The van der Waals surface area contributed by atoms with Crippen LogP contribution in [0.5, 0.6) is 11.5 Å². The van der Waals surface area contributed by atoms with E-state index in [0.717, 1.165) is 78.7 Å². The lowest BCUT2D eigenvalue weighted by atomic mass is 9.96. The van der Waals surface area contributed by atoms with Crippen molar-refractivity contribution in [2.24, 2.45) is 0 Å². The molecule has 304 valence electrons. The molecule has 0 atom stereocenters. The summed E-state index contributed by atoms with van der Waals surface area (Å²) in [5.74, 6) is -2.23. The van der Waals surface area contributed by atoms with E-state index in [0.29, 0.717) is 28.2 Å². The van der Waals surface area contributed by atoms with E-state index in [1.807, 2.05) is 42.6 Å². The Kier molecular flexibility index (Phi) is 11.4. The van der Waals surface area contributed by atoms with Crippen molar-refractivity contribution < 1.29 is 19.8 Å². The standard InChI is InChI=1S/C21H23ClN4O3.C20H20Cl2N4O3/c1-13-10-26(16-6-5-14(22)9-15(13)16)21(7-3-4-8-21)12-25-11-17(27)19(28)18(24-25)20(29)23-2;1-23-19(29)17-18(28)16(27)10-25(24-17)11-20(6-2-3-7-20)26-9-14(22)13-8-12(21)4-5-15(13)26/h5-6,9-11,27H,3-4,7-8,12H2,1-2H3,(H,23,29);4-5,8-10,27H,2-3,6-7,11H2,1H3,(H,23,29). The number of amides is 2. The molecule has 0 aliphatic heterocycles. The third-order valence-corrected chi connectivity index (χ3v) is 12.2. The van der Waals surface area contributed by atoms with Crippen molar-refractivity contribution >= 4 is 68.4 Å². The van der Waals surface area contributed by atoms with Crippen molar-refractivity contribution in [2.45, 2.75) is 82.5 Å². The lowest BCUT2D eigenvalue weighted by Crippen LogP contribution is -2.37. The fourth-order valence-corrected chi connectivity index (χ4v) is 9.27. The molecule has 6 aromatic rings. The van der Waals surface area contributed by atoms with Crippen molar-refractivity contribution in [3.63, 3.8) is 0 Å². The van der Waals surface area contributed by atoms with Crippen LogP contribution in [0.15, 0.2) is 70.8 Å². The molecule has 0 bridgehead atoms. The molecule has 4 aromatic heterocycles. The molecule has 58 heavy (non-hydrogen) atoms. The Morgan fingerprint density at radius 2 is 1.09 bits per heavy atom. The van der Waals surface area contributed by atoms with Crippen LogP contribution in [0.3, 0.4) is 0 Å². The van der Waals surface area contributed by atoms with Gasteiger partial charge >= 0.3 is 0 Å². The summed E-state index contributed by atoms with van der Waals surface area (Å²) in [5.41, 5.74) is 0.369. The molecule has 0 spiro atoms. The van der Waals surface area contributed by atoms with E-state index in [2.05, 4.69) is 43.1 Å². The molecular formula is C41H43Cl3N8O6. The molecule has 0 saturated heterocycles. The summed E-state index contributed by atoms with van der Waals surface area (Å²) in [5, 5.41) is 37.3. The highest BCUT2D eigenvalue weighted by molar-refractivity contribution is 6.37. The molecule has 2 aliphatic rings. The fraction of sp³-hybridized carbons (Fsp3) is 0.366. The summed E-state index contributed by atoms with van der Waals surface area (Å²) >= 11 is 18.8. The van der Waals surface area contributed by atoms with E-state index in [9.17, 15) is 29.4 Å². The van der Waals surface area contributed by atoms with Gasteiger partial charge in [-0.05, 0) is 74.6 Å². The number of carbonyl (C=O) groups is 2. The number of aryl methyl sites for hydroxylation is 1. The number of halogens is 3. The molecule has 8 rings (SSSR count). The topological polar surface area (TPSA) is 178 Å². The normalized spacial score (nSPS) is 15.7. The first-order valence-electron chi connectivity index (χ1n) is 19.0. The van der Waals surface area contributed by atoms with Crippen LogP contribution in [-0.2, 0) is 24.2 Å². The second-order valence-electron chi connectivity index (χ2n) is 15.2. The zero-order valence-electron chi connectivity index (χ0n) is 32.2. The van der Waals surface area contributed by atoms with E-state index >= 15 is 0 Å². The number of nitrogens with one attached hydrogen (secondary N) is 2. The number of carbonyl (C=O) groups excluding carboxylic acids is 2. The minimum absolute atomic E-state index is 0.269. The quantitative estimate of drug-likeness (QED) is 0.130. The number of aromatic nitrogens is 6. The molecule has 2 saturated carbocycles. The highest BCUT2D eigenvalue weighted by Crippen LogP contribution is 2.44. The van der Waals surface area contributed by atoms with Gasteiger partial charge in [0, 0.05) is 52.8 Å². The lowest BCUT2D eigenvalue weighted by molar-refractivity contribution is 0.0944. The molecule has 2 amide bonds. The van der Waals surface area contributed by atoms with Crippen molar-refractivity contribution in [1.82, 2.24) is 39.3 Å². The maximum Gasteiger partial charge on any atom is 0.275 e. The molecule has 0 radical (unpaired) electrons. The van der Waals surface area contributed by atoms with Crippen molar-refractivity contribution in [1.29, 1.82) is 0 Å². The lowest BCUT2D eigenvalue weighted by Gasteiger charge is -2.33. The molecule has 4 N–H and O–H groups in total. The van der Waals surface area contributed by atoms with Gasteiger partial charge in [0.1, 0.15) is 0 Å². The van der Waals surface area contributed by atoms with Gasteiger partial charge in [-0.3, -0.25) is 28.5 Å². The Labute approximate surface area is 347 Å². The van der Waals surface area contributed by atoms with Gasteiger partial charge in [0.25, 0.3) is 22.7 Å². The zero-order chi connectivity index (χ0) is 41.5. The van der Waals surface area contributed by atoms with Crippen LogP contribution in [0.2, 0.25) is 15.1 Å². The van der Waals surface area contributed by atoms with Crippen molar-refractivity contribution in [2.75, 3.05) is 14.1 Å². The minimum Gasteiger partial charge on any atom is -0.503 e. The summed E-state index contributed by atoms with van der Waals surface area (Å²) in [6.45, 7) is 2.88. The van der Waals surface area contributed by atoms with E-state index in [-0.39, 0.29) is 22.5 Å². The summed E-state index contributed by atoms with van der Waals surface area (Å²) in [7, 11) is 2.84. The number of nitrogens with zero attached hydrogens (tertiary/aromatic N) is 6. The predicted octanol–water partition coefficient (Wildman–Crippen LogP) is 6.73. The van der Waals surface area contributed by atoms with Gasteiger partial charge in [0.15, 0.2) is 22.9 Å².